The van der Waals surface area contributed by atoms with Crippen LogP contribution in [0.2, 0.25) is 0 Å². The predicted molar refractivity (Wildman–Crippen MR) is 81.1 cm³/mol. The maximum atomic E-state index is 13.3. The van der Waals surface area contributed by atoms with Crippen LogP contribution in [0.1, 0.15) is 24.9 Å². The molecule has 2 aromatic rings. The van der Waals surface area contributed by atoms with Gasteiger partial charge in [0.25, 0.3) is 0 Å². The Bertz CT molecular complexity index is 558. The standard InChI is InChI=1S/C17H20FNO2/c1-13(19)16-9-8-14(18)12-17(16)21-11-5-10-20-15-6-3-2-4-7-15/h2-4,6-9,12-13H,5,10-11,19H2,1H3. The van der Waals surface area contributed by atoms with Gasteiger partial charge in [-0.15, -0.1) is 0 Å². The van der Waals surface area contributed by atoms with Gasteiger partial charge in [0.05, 0.1) is 13.2 Å². The zero-order valence-electron chi connectivity index (χ0n) is 12.1. The van der Waals surface area contributed by atoms with Crippen LogP contribution < -0.4 is 15.2 Å². The van der Waals surface area contributed by atoms with Gasteiger partial charge in [-0.05, 0) is 25.1 Å². The first-order valence-corrected chi connectivity index (χ1v) is 7.02. The van der Waals surface area contributed by atoms with Crippen molar-refractivity contribution in [3.63, 3.8) is 0 Å². The number of benzene rings is 2. The average Bonchev–Trinajstić information content (AvgIpc) is 2.48. The maximum Gasteiger partial charge on any atom is 0.126 e. The van der Waals surface area contributed by atoms with E-state index in [-0.39, 0.29) is 11.9 Å². The van der Waals surface area contributed by atoms with E-state index in [1.165, 1.54) is 12.1 Å². The number of hydrogen-bond donors (Lipinski definition) is 1. The van der Waals surface area contributed by atoms with Crippen LogP contribution in [0.4, 0.5) is 4.39 Å². The fourth-order valence-electron chi connectivity index (χ4n) is 1.96. The Kier molecular flexibility index (Phi) is 5.58. The van der Waals surface area contributed by atoms with Crippen LogP contribution in [0.3, 0.4) is 0 Å². The van der Waals surface area contributed by atoms with Gasteiger partial charge < -0.3 is 15.2 Å². The van der Waals surface area contributed by atoms with E-state index in [4.69, 9.17) is 15.2 Å². The zero-order chi connectivity index (χ0) is 15.1. The number of nitrogens with two attached hydrogens (primary N) is 1. The van der Waals surface area contributed by atoms with Crippen molar-refractivity contribution >= 4 is 0 Å². The van der Waals surface area contributed by atoms with E-state index < -0.39 is 0 Å². The zero-order valence-corrected chi connectivity index (χ0v) is 12.1. The van der Waals surface area contributed by atoms with Crippen molar-refractivity contribution in [1.29, 1.82) is 0 Å². The molecule has 0 amide bonds. The summed E-state index contributed by atoms with van der Waals surface area (Å²) in [5.74, 6) is 1.01. The fraction of sp³-hybridized carbons (Fsp3) is 0.294. The highest BCUT2D eigenvalue weighted by molar-refractivity contribution is 5.36. The Labute approximate surface area is 124 Å². The molecule has 0 fully saturated rings. The van der Waals surface area contributed by atoms with Gasteiger partial charge in [-0.25, -0.2) is 4.39 Å². The lowest BCUT2D eigenvalue weighted by atomic mass is 10.1. The second-order valence-electron chi connectivity index (χ2n) is 4.83. The van der Waals surface area contributed by atoms with Crippen molar-refractivity contribution in [3.05, 3.63) is 59.9 Å². The lowest BCUT2D eigenvalue weighted by Gasteiger charge is -2.14. The van der Waals surface area contributed by atoms with Crippen LogP contribution in [-0.2, 0) is 0 Å². The minimum atomic E-state index is -0.324. The van der Waals surface area contributed by atoms with E-state index in [9.17, 15) is 4.39 Å². The molecule has 2 N–H and O–H groups in total. The van der Waals surface area contributed by atoms with Crippen LogP contribution in [-0.4, -0.2) is 13.2 Å². The third-order valence-electron chi connectivity index (χ3n) is 3.02. The SMILES string of the molecule is CC(N)c1ccc(F)cc1OCCCOc1ccccc1. The summed E-state index contributed by atoms with van der Waals surface area (Å²) >= 11 is 0. The molecule has 3 nitrogen and oxygen atoms in total. The minimum Gasteiger partial charge on any atom is -0.493 e. The molecule has 0 aliphatic carbocycles. The predicted octanol–water partition coefficient (Wildman–Crippen LogP) is 3.69. The van der Waals surface area contributed by atoms with Crippen molar-refractivity contribution in [2.75, 3.05) is 13.2 Å². The third kappa shape index (κ3) is 4.76. The molecular weight excluding hydrogens is 269 g/mol. The first kappa shape index (κ1) is 15.3. The third-order valence-corrected chi connectivity index (χ3v) is 3.02. The molecule has 0 aliphatic rings. The van der Waals surface area contributed by atoms with E-state index in [2.05, 4.69) is 0 Å². The topological polar surface area (TPSA) is 44.5 Å². The summed E-state index contributed by atoms with van der Waals surface area (Å²) < 4.78 is 24.4. The van der Waals surface area contributed by atoms with Crippen molar-refractivity contribution in [3.8, 4) is 11.5 Å². The highest BCUT2D eigenvalue weighted by Crippen LogP contribution is 2.24. The highest BCUT2D eigenvalue weighted by atomic mass is 19.1. The van der Waals surface area contributed by atoms with Gasteiger partial charge in [-0.2, -0.15) is 0 Å². The second-order valence-corrected chi connectivity index (χ2v) is 4.83. The minimum absolute atomic E-state index is 0.193. The molecule has 0 saturated heterocycles. The van der Waals surface area contributed by atoms with E-state index in [1.54, 1.807) is 6.07 Å². The van der Waals surface area contributed by atoms with E-state index in [0.717, 1.165) is 11.3 Å². The van der Waals surface area contributed by atoms with E-state index >= 15 is 0 Å². The number of halogens is 1. The Morgan fingerprint density at radius 2 is 1.76 bits per heavy atom. The Morgan fingerprint density at radius 1 is 1.05 bits per heavy atom. The fourth-order valence-corrected chi connectivity index (χ4v) is 1.96. The molecule has 1 unspecified atom stereocenters. The Balaban J connectivity index is 1.79. The maximum absolute atomic E-state index is 13.3. The molecule has 0 spiro atoms. The molecule has 2 rings (SSSR count). The van der Waals surface area contributed by atoms with Gasteiger partial charge >= 0.3 is 0 Å². The summed E-state index contributed by atoms with van der Waals surface area (Å²) in [5.41, 5.74) is 6.65. The van der Waals surface area contributed by atoms with Crippen LogP contribution in [0, 0.1) is 5.82 Å². The number of rotatable bonds is 7. The van der Waals surface area contributed by atoms with E-state index in [0.29, 0.717) is 25.4 Å². The molecule has 21 heavy (non-hydrogen) atoms. The van der Waals surface area contributed by atoms with Crippen molar-refractivity contribution < 1.29 is 13.9 Å². The molecule has 2 aromatic carbocycles. The molecule has 0 aromatic heterocycles. The van der Waals surface area contributed by atoms with Crippen LogP contribution in [0.15, 0.2) is 48.5 Å². The van der Waals surface area contributed by atoms with Gasteiger partial charge in [0.2, 0.25) is 0 Å². The molecule has 0 bridgehead atoms. The first-order chi connectivity index (χ1) is 10.2. The van der Waals surface area contributed by atoms with Crippen molar-refractivity contribution in [2.45, 2.75) is 19.4 Å². The summed E-state index contributed by atoms with van der Waals surface area (Å²) in [5, 5.41) is 0. The summed E-state index contributed by atoms with van der Waals surface area (Å²) in [7, 11) is 0. The summed E-state index contributed by atoms with van der Waals surface area (Å²) in [6.45, 7) is 2.85. The Hall–Kier alpha value is -2.07. The van der Waals surface area contributed by atoms with Crippen LogP contribution in [0.25, 0.3) is 0 Å². The molecule has 0 aliphatic heterocycles. The Morgan fingerprint density at radius 3 is 2.48 bits per heavy atom. The van der Waals surface area contributed by atoms with Crippen molar-refractivity contribution in [1.82, 2.24) is 0 Å². The lowest BCUT2D eigenvalue weighted by Crippen LogP contribution is -2.10. The molecule has 0 saturated carbocycles. The van der Waals surface area contributed by atoms with Gasteiger partial charge in [0.1, 0.15) is 17.3 Å². The quantitative estimate of drug-likeness (QED) is 0.791. The number of hydrogen-bond acceptors (Lipinski definition) is 3. The first-order valence-electron chi connectivity index (χ1n) is 7.02. The molecule has 1 atom stereocenters. The van der Waals surface area contributed by atoms with Gasteiger partial charge in [-0.1, -0.05) is 24.3 Å². The largest absolute Gasteiger partial charge is 0.493 e. The summed E-state index contributed by atoms with van der Waals surface area (Å²) in [4.78, 5) is 0. The van der Waals surface area contributed by atoms with Crippen LogP contribution in [0.5, 0.6) is 11.5 Å². The summed E-state index contributed by atoms with van der Waals surface area (Å²) in [6, 6.07) is 13.8. The van der Waals surface area contributed by atoms with E-state index in [1.807, 2.05) is 37.3 Å². The lowest BCUT2D eigenvalue weighted by molar-refractivity contribution is 0.245. The monoisotopic (exact) mass is 289 g/mol. The van der Waals surface area contributed by atoms with Gasteiger partial charge in [0.15, 0.2) is 0 Å². The van der Waals surface area contributed by atoms with Crippen molar-refractivity contribution in [2.24, 2.45) is 5.73 Å². The second kappa shape index (κ2) is 7.64. The molecule has 4 heteroatoms. The number of ether oxygens (including phenoxy) is 2. The number of para-hydroxylation sites is 1. The highest BCUT2D eigenvalue weighted by Gasteiger charge is 2.09. The van der Waals surface area contributed by atoms with Gasteiger partial charge in [0, 0.05) is 24.1 Å². The summed E-state index contributed by atoms with van der Waals surface area (Å²) in [6.07, 6.45) is 0.712. The molecular formula is C17H20FNO2. The molecule has 0 heterocycles. The average molecular weight is 289 g/mol. The van der Waals surface area contributed by atoms with Gasteiger partial charge in [-0.3, -0.25) is 0 Å². The van der Waals surface area contributed by atoms with Crippen LogP contribution >= 0.6 is 0 Å². The molecule has 0 radical (unpaired) electrons. The molecule has 112 valence electrons. The normalized spacial score (nSPS) is 12.0. The smallest absolute Gasteiger partial charge is 0.126 e.